The Balaban J connectivity index is 1.75. The van der Waals surface area contributed by atoms with Crippen molar-refractivity contribution in [1.82, 2.24) is 9.78 Å². The molecule has 0 saturated carbocycles. The first kappa shape index (κ1) is 19.5. The van der Waals surface area contributed by atoms with Crippen molar-refractivity contribution in [2.75, 3.05) is 5.32 Å². The zero-order valence-electron chi connectivity index (χ0n) is 15.2. The lowest BCUT2D eigenvalue weighted by Gasteiger charge is -2.08. The van der Waals surface area contributed by atoms with Crippen molar-refractivity contribution >= 4 is 11.6 Å². The molecule has 28 heavy (non-hydrogen) atoms. The fraction of sp³-hybridized carbons (Fsp3) is 0.200. The summed E-state index contributed by atoms with van der Waals surface area (Å²) in [6.45, 7) is 0.993. The number of hydrogen-bond donors (Lipinski definition) is 1. The van der Waals surface area contributed by atoms with Crippen LogP contribution in [-0.2, 0) is 6.54 Å². The summed E-state index contributed by atoms with van der Waals surface area (Å²) in [6.07, 6.45) is 0. The van der Waals surface area contributed by atoms with Gasteiger partial charge in [0.15, 0.2) is 0 Å². The maximum Gasteiger partial charge on any atom is 0.387 e. The molecular weight excluding hydrogens is 371 g/mol. The van der Waals surface area contributed by atoms with Crippen molar-refractivity contribution in [1.29, 1.82) is 0 Å². The minimum atomic E-state index is -2.92. The first-order valence-corrected chi connectivity index (χ1v) is 8.48. The Bertz CT molecular complexity index is 985. The number of anilines is 1. The van der Waals surface area contributed by atoms with E-state index in [0.717, 1.165) is 5.56 Å². The van der Waals surface area contributed by atoms with E-state index < -0.39 is 12.5 Å². The number of carbonyl (C=O) groups is 1. The first-order valence-electron chi connectivity index (χ1n) is 8.48. The molecule has 5 nitrogen and oxygen atoms in total. The maximum atomic E-state index is 13.4. The van der Waals surface area contributed by atoms with Crippen molar-refractivity contribution in [3.8, 4) is 5.75 Å². The van der Waals surface area contributed by atoms with Gasteiger partial charge in [0, 0.05) is 5.56 Å². The van der Waals surface area contributed by atoms with Crippen molar-refractivity contribution in [2.24, 2.45) is 0 Å². The molecule has 0 bridgehead atoms. The molecule has 0 saturated heterocycles. The molecular formula is C20H18F3N3O2. The highest BCUT2D eigenvalue weighted by Crippen LogP contribution is 2.22. The van der Waals surface area contributed by atoms with Crippen molar-refractivity contribution in [3.05, 3.63) is 76.9 Å². The van der Waals surface area contributed by atoms with Crippen LogP contribution in [0.15, 0.2) is 48.5 Å². The van der Waals surface area contributed by atoms with Crippen LogP contribution in [-0.4, -0.2) is 22.3 Å². The van der Waals surface area contributed by atoms with Gasteiger partial charge in [-0.2, -0.15) is 13.9 Å². The average molecular weight is 389 g/mol. The highest BCUT2D eigenvalue weighted by molar-refractivity contribution is 6.04. The number of nitrogens with zero attached hydrogens (tertiary/aromatic N) is 2. The van der Waals surface area contributed by atoms with Crippen LogP contribution >= 0.6 is 0 Å². The summed E-state index contributed by atoms with van der Waals surface area (Å²) in [5.41, 5.74) is 2.92. The molecule has 1 N–H and O–H groups in total. The van der Waals surface area contributed by atoms with E-state index in [1.807, 2.05) is 0 Å². The zero-order valence-corrected chi connectivity index (χ0v) is 15.2. The highest BCUT2D eigenvalue weighted by atomic mass is 19.3. The number of halogens is 3. The lowest BCUT2D eigenvalue weighted by atomic mass is 10.2. The lowest BCUT2D eigenvalue weighted by molar-refractivity contribution is -0.0498. The summed E-state index contributed by atoms with van der Waals surface area (Å²) in [7, 11) is 0. The SMILES string of the molecule is Cc1nn(Cc2cccc(F)c2)c(C)c1NC(=O)c1ccc(OC(F)F)cc1. The standard InChI is InChI=1S/C20H18F3N3O2/c1-12-18(13(2)26(25-12)11-14-4-3-5-16(21)10-14)24-19(27)15-6-8-17(9-7-15)28-20(22)23/h3-10,20H,11H2,1-2H3,(H,24,27). The Morgan fingerprint density at radius 3 is 2.54 bits per heavy atom. The van der Waals surface area contributed by atoms with E-state index in [9.17, 15) is 18.0 Å². The third-order valence-corrected chi connectivity index (χ3v) is 4.18. The number of hydrogen-bond acceptors (Lipinski definition) is 3. The van der Waals surface area contributed by atoms with Gasteiger partial charge in [-0.3, -0.25) is 9.48 Å². The van der Waals surface area contributed by atoms with Crippen LogP contribution in [0.5, 0.6) is 5.75 Å². The predicted octanol–water partition coefficient (Wildman–Crippen LogP) is 4.54. The van der Waals surface area contributed by atoms with Crippen LogP contribution in [0.3, 0.4) is 0 Å². The Hall–Kier alpha value is -3.29. The van der Waals surface area contributed by atoms with Gasteiger partial charge in [-0.25, -0.2) is 4.39 Å². The summed E-state index contributed by atoms with van der Waals surface area (Å²) in [6, 6.07) is 11.6. The molecule has 0 aliphatic heterocycles. The molecule has 3 aromatic rings. The van der Waals surface area contributed by atoms with Gasteiger partial charge in [-0.1, -0.05) is 12.1 Å². The van der Waals surface area contributed by atoms with Crippen molar-refractivity contribution < 1.29 is 22.7 Å². The van der Waals surface area contributed by atoms with Crippen LogP contribution in [0.2, 0.25) is 0 Å². The molecule has 0 aliphatic carbocycles. The first-order chi connectivity index (χ1) is 13.3. The molecule has 0 radical (unpaired) electrons. The van der Waals surface area contributed by atoms with Crippen LogP contribution in [0, 0.1) is 19.7 Å². The smallest absolute Gasteiger partial charge is 0.387 e. The third kappa shape index (κ3) is 4.51. The predicted molar refractivity (Wildman–Crippen MR) is 98.2 cm³/mol. The molecule has 146 valence electrons. The number of ether oxygens (including phenoxy) is 1. The Morgan fingerprint density at radius 1 is 1.18 bits per heavy atom. The van der Waals surface area contributed by atoms with E-state index in [-0.39, 0.29) is 11.6 Å². The van der Waals surface area contributed by atoms with Crippen molar-refractivity contribution in [3.63, 3.8) is 0 Å². The molecule has 2 aromatic carbocycles. The monoisotopic (exact) mass is 389 g/mol. The number of carbonyl (C=O) groups excluding carboxylic acids is 1. The molecule has 1 aromatic heterocycles. The number of rotatable bonds is 6. The Morgan fingerprint density at radius 2 is 1.89 bits per heavy atom. The molecule has 3 rings (SSSR count). The van der Waals surface area contributed by atoms with Crippen LogP contribution in [0.25, 0.3) is 0 Å². The second-order valence-corrected chi connectivity index (χ2v) is 6.19. The van der Waals surface area contributed by atoms with Gasteiger partial charge in [-0.15, -0.1) is 0 Å². The van der Waals surface area contributed by atoms with E-state index in [4.69, 9.17) is 0 Å². The highest BCUT2D eigenvalue weighted by Gasteiger charge is 2.16. The number of benzene rings is 2. The third-order valence-electron chi connectivity index (χ3n) is 4.18. The summed E-state index contributed by atoms with van der Waals surface area (Å²) < 4.78 is 43.7. The zero-order chi connectivity index (χ0) is 20.3. The maximum absolute atomic E-state index is 13.4. The molecule has 0 spiro atoms. The van der Waals surface area contributed by atoms with Gasteiger partial charge in [0.2, 0.25) is 0 Å². The van der Waals surface area contributed by atoms with E-state index in [2.05, 4.69) is 15.2 Å². The summed E-state index contributed by atoms with van der Waals surface area (Å²) >= 11 is 0. The molecule has 0 aliphatic rings. The number of nitrogens with one attached hydrogen (secondary N) is 1. The minimum absolute atomic E-state index is 0.0261. The average Bonchev–Trinajstić information content (AvgIpc) is 2.89. The molecule has 1 amide bonds. The van der Waals surface area contributed by atoms with Gasteiger partial charge in [0.1, 0.15) is 11.6 Å². The molecule has 8 heteroatoms. The molecule has 1 heterocycles. The van der Waals surface area contributed by atoms with E-state index >= 15 is 0 Å². The van der Waals surface area contributed by atoms with Gasteiger partial charge < -0.3 is 10.1 Å². The van der Waals surface area contributed by atoms with Gasteiger partial charge in [0.25, 0.3) is 5.91 Å². The minimum Gasteiger partial charge on any atom is -0.435 e. The number of aromatic nitrogens is 2. The topological polar surface area (TPSA) is 56.2 Å². The normalized spacial score (nSPS) is 10.9. The molecule has 0 unspecified atom stereocenters. The van der Waals surface area contributed by atoms with Crippen LogP contribution in [0.4, 0.5) is 18.9 Å². The van der Waals surface area contributed by atoms with Gasteiger partial charge >= 0.3 is 6.61 Å². The van der Waals surface area contributed by atoms with E-state index in [1.165, 1.54) is 36.4 Å². The summed E-state index contributed by atoms with van der Waals surface area (Å²) in [5, 5.41) is 7.19. The van der Waals surface area contributed by atoms with Crippen LogP contribution in [0.1, 0.15) is 27.3 Å². The molecule has 0 fully saturated rings. The fourth-order valence-electron chi connectivity index (χ4n) is 2.81. The number of aryl methyl sites for hydroxylation is 1. The van der Waals surface area contributed by atoms with Gasteiger partial charge in [-0.05, 0) is 55.8 Å². The largest absolute Gasteiger partial charge is 0.435 e. The lowest BCUT2D eigenvalue weighted by Crippen LogP contribution is -2.13. The van der Waals surface area contributed by atoms with Gasteiger partial charge in [0.05, 0.1) is 23.6 Å². The number of amides is 1. The number of alkyl halides is 2. The quantitative estimate of drug-likeness (QED) is 0.673. The second kappa shape index (κ2) is 8.16. The van der Waals surface area contributed by atoms with E-state index in [0.29, 0.717) is 29.2 Å². The summed E-state index contributed by atoms with van der Waals surface area (Å²) in [5.74, 6) is -0.756. The fourth-order valence-corrected chi connectivity index (χ4v) is 2.81. The Labute approximate surface area is 159 Å². The van der Waals surface area contributed by atoms with E-state index in [1.54, 1.807) is 30.7 Å². The summed E-state index contributed by atoms with van der Waals surface area (Å²) in [4.78, 5) is 12.5. The van der Waals surface area contributed by atoms with Crippen molar-refractivity contribution in [2.45, 2.75) is 27.0 Å². The second-order valence-electron chi connectivity index (χ2n) is 6.19. The Kier molecular flexibility index (Phi) is 5.67. The van der Waals surface area contributed by atoms with Crippen LogP contribution < -0.4 is 10.1 Å². The molecule has 0 atom stereocenters.